The molecule has 0 unspecified atom stereocenters. The lowest BCUT2D eigenvalue weighted by Crippen LogP contribution is -2.57. The van der Waals surface area contributed by atoms with Crippen molar-refractivity contribution in [1.29, 1.82) is 0 Å². The van der Waals surface area contributed by atoms with Gasteiger partial charge < -0.3 is 33.9 Å². The van der Waals surface area contributed by atoms with E-state index < -0.39 is 29.2 Å². The van der Waals surface area contributed by atoms with Gasteiger partial charge >= 0.3 is 12.1 Å². The van der Waals surface area contributed by atoms with Gasteiger partial charge in [-0.1, -0.05) is 18.2 Å². The molecule has 0 bridgehead atoms. The number of ether oxygens (including phenoxy) is 4. The van der Waals surface area contributed by atoms with Crippen LogP contribution in [0.5, 0.6) is 5.75 Å². The van der Waals surface area contributed by atoms with Crippen LogP contribution >= 0.6 is 0 Å². The number of anilines is 1. The molecule has 10 nitrogen and oxygen atoms in total. The lowest BCUT2D eigenvalue weighted by Gasteiger charge is -2.39. The molecule has 4 fully saturated rings. The SMILES string of the molecule is CCOC[C@@H]1C[C@@H](c2ccc(C(F)(F)F)cc2N2CCC(C(=O)O)CC2)CN1C(=O)[C@]1(OC)CN(C2CCC(OCC)CC2)C[C@H]1c1ccc(OC)cc1. The highest BCUT2D eigenvalue weighted by atomic mass is 19.4. The zero-order valence-corrected chi connectivity index (χ0v) is 32.0. The van der Waals surface area contributed by atoms with Gasteiger partial charge in [0.25, 0.3) is 5.91 Å². The lowest BCUT2D eigenvalue weighted by molar-refractivity contribution is -0.157. The van der Waals surface area contributed by atoms with Crippen molar-refractivity contribution in [1.82, 2.24) is 9.80 Å². The Balaban J connectivity index is 1.33. The average Bonchev–Trinajstić information content (AvgIpc) is 3.80. The van der Waals surface area contributed by atoms with E-state index in [0.717, 1.165) is 48.6 Å². The average molecular weight is 760 g/mol. The molecule has 13 heteroatoms. The normalized spacial score (nSPS) is 28.5. The standard InChI is InChI=1S/C41H56F3N3O7/c1-5-53-25-32-21-29(35-16-9-30(41(42,43)44)22-37(35)45-19-17-28(18-20-45)38(48)49)23-47(32)39(50)40(52-4)26-46(31-10-14-34(15-11-31)54-6-2)24-36(40)27-7-12-33(51-3)13-8-27/h7-9,12-13,16,22,28-29,31-32,34,36H,5-6,10-11,14-15,17-21,23-26H2,1-4H3,(H,48,49)/t29-,31?,32+,34?,36+,40+/m1/s1. The lowest BCUT2D eigenvalue weighted by atomic mass is 9.83. The monoisotopic (exact) mass is 759 g/mol. The van der Waals surface area contributed by atoms with Crippen molar-refractivity contribution in [3.05, 3.63) is 59.2 Å². The van der Waals surface area contributed by atoms with E-state index in [2.05, 4.69) is 4.90 Å². The molecule has 3 saturated heterocycles. The first-order valence-electron chi connectivity index (χ1n) is 19.5. The van der Waals surface area contributed by atoms with Crippen LogP contribution < -0.4 is 9.64 Å². The third-order valence-electron chi connectivity index (χ3n) is 12.4. The Morgan fingerprint density at radius 2 is 1.63 bits per heavy atom. The highest BCUT2D eigenvalue weighted by Gasteiger charge is 2.58. The third-order valence-corrected chi connectivity index (χ3v) is 12.4. The summed E-state index contributed by atoms with van der Waals surface area (Å²) in [7, 11) is 3.24. The molecular weight excluding hydrogens is 703 g/mol. The van der Waals surface area contributed by atoms with Crippen LogP contribution in [0.2, 0.25) is 0 Å². The quantitative estimate of drug-likeness (QED) is 0.243. The molecule has 1 saturated carbocycles. The Bertz CT molecular complexity index is 1580. The van der Waals surface area contributed by atoms with E-state index in [1.54, 1.807) is 20.3 Å². The van der Waals surface area contributed by atoms with Crippen molar-refractivity contribution in [3.8, 4) is 5.75 Å². The van der Waals surface area contributed by atoms with Gasteiger partial charge in [-0.15, -0.1) is 0 Å². The minimum atomic E-state index is -4.54. The van der Waals surface area contributed by atoms with Gasteiger partial charge in [-0.3, -0.25) is 14.5 Å². The van der Waals surface area contributed by atoms with Crippen LogP contribution in [-0.2, 0) is 30.0 Å². The van der Waals surface area contributed by atoms with Crippen molar-refractivity contribution >= 4 is 17.6 Å². The Kier molecular flexibility index (Phi) is 12.8. The number of hydrogen-bond acceptors (Lipinski definition) is 8. The van der Waals surface area contributed by atoms with Crippen molar-refractivity contribution < 1.29 is 46.8 Å². The van der Waals surface area contributed by atoms with Crippen LogP contribution in [-0.4, -0.2) is 117 Å². The second-order valence-electron chi connectivity index (χ2n) is 15.3. The van der Waals surface area contributed by atoms with E-state index in [0.29, 0.717) is 70.9 Å². The maximum absolute atomic E-state index is 15.4. The first-order chi connectivity index (χ1) is 25.9. The highest BCUT2D eigenvalue weighted by Crippen LogP contribution is 2.47. The molecule has 1 aliphatic carbocycles. The summed E-state index contributed by atoms with van der Waals surface area (Å²) in [5, 5.41) is 9.58. The Labute approximate surface area is 316 Å². The van der Waals surface area contributed by atoms with Gasteiger partial charge in [0, 0.05) is 76.6 Å². The number of alkyl halides is 3. The summed E-state index contributed by atoms with van der Waals surface area (Å²) in [6, 6.07) is 11.7. The molecule has 1 amide bonds. The first kappa shape index (κ1) is 40.3. The summed E-state index contributed by atoms with van der Waals surface area (Å²) >= 11 is 0. The molecule has 0 aromatic heterocycles. The number of nitrogens with zero attached hydrogens (tertiary/aromatic N) is 3. The van der Waals surface area contributed by atoms with Gasteiger partial charge in [0.1, 0.15) is 5.75 Å². The number of carbonyl (C=O) groups excluding carboxylic acids is 1. The molecule has 4 atom stereocenters. The Hall–Kier alpha value is -3.39. The molecule has 2 aromatic rings. The van der Waals surface area contributed by atoms with Gasteiger partial charge in [-0.05, 0) is 94.2 Å². The summed E-state index contributed by atoms with van der Waals surface area (Å²) in [4.78, 5) is 33.2. The summed E-state index contributed by atoms with van der Waals surface area (Å²) in [5.74, 6) is -1.38. The minimum absolute atomic E-state index is 0.140. The number of piperidine rings is 1. The van der Waals surface area contributed by atoms with Gasteiger partial charge in [0.2, 0.25) is 0 Å². The van der Waals surface area contributed by atoms with Gasteiger partial charge in [0.15, 0.2) is 5.60 Å². The molecule has 0 spiro atoms. The van der Waals surface area contributed by atoms with Gasteiger partial charge in [-0.2, -0.15) is 13.2 Å². The van der Waals surface area contributed by atoms with Crippen molar-refractivity contribution in [2.24, 2.45) is 5.92 Å². The topological polar surface area (TPSA) is 101 Å². The second-order valence-corrected chi connectivity index (χ2v) is 15.3. The van der Waals surface area contributed by atoms with Crippen LogP contribution in [0.25, 0.3) is 0 Å². The van der Waals surface area contributed by atoms with Crippen LogP contribution in [0.1, 0.15) is 87.3 Å². The first-order valence-corrected chi connectivity index (χ1v) is 19.5. The zero-order valence-electron chi connectivity index (χ0n) is 32.0. The molecule has 3 aliphatic heterocycles. The van der Waals surface area contributed by atoms with Crippen LogP contribution in [0.3, 0.4) is 0 Å². The number of carboxylic acid groups (broad SMARTS) is 1. The summed E-state index contributed by atoms with van der Waals surface area (Å²) in [6.45, 7) is 7.37. The van der Waals surface area contributed by atoms with E-state index >= 15 is 4.79 Å². The third kappa shape index (κ3) is 8.39. The molecule has 3 heterocycles. The van der Waals surface area contributed by atoms with Crippen molar-refractivity contribution in [3.63, 3.8) is 0 Å². The van der Waals surface area contributed by atoms with Crippen LogP contribution in [0.4, 0.5) is 18.9 Å². The number of rotatable bonds is 13. The largest absolute Gasteiger partial charge is 0.497 e. The van der Waals surface area contributed by atoms with E-state index in [4.69, 9.17) is 18.9 Å². The second kappa shape index (κ2) is 17.2. The molecule has 298 valence electrons. The molecular formula is C41H56F3N3O7. The highest BCUT2D eigenvalue weighted by molar-refractivity contribution is 5.88. The number of carbonyl (C=O) groups is 2. The van der Waals surface area contributed by atoms with E-state index in [1.165, 1.54) is 6.07 Å². The molecule has 4 aliphatic rings. The molecule has 6 rings (SSSR count). The maximum Gasteiger partial charge on any atom is 0.416 e. The number of halogens is 3. The summed E-state index contributed by atoms with van der Waals surface area (Å²) < 4.78 is 66.0. The zero-order chi connectivity index (χ0) is 38.6. The Morgan fingerprint density at radius 1 is 0.926 bits per heavy atom. The van der Waals surface area contributed by atoms with Crippen LogP contribution in [0.15, 0.2) is 42.5 Å². The van der Waals surface area contributed by atoms with Gasteiger partial charge in [-0.25, -0.2) is 0 Å². The number of amides is 1. The Morgan fingerprint density at radius 3 is 2.22 bits per heavy atom. The molecule has 2 aromatic carbocycles. The van der Waals surface area contributed by atoms with E-state index in [1.807, 2.05) is 47.9 Å². The molecule has 1 N–H and O–H groups in total. The number of carboxylic acids is 1. The van der Waals surface area contributed by atoms with Gasteiger partial charge in [0.05, 0.1) is 37.3 Å². The van der Waals surface area contributed by atoms with E-state index in [9.17, 15) is 23.1 Å². The predicted octanol–water partition coefficient (Wildman–Crippen LogP) is 6.57. The maximum atomic E-state index is 15.4. The number of methoxy groups -OCH3 is 2. The fourth-order valence-electron chi connectivity index (χ4n) is 9.42. The van der Waals surface area contributed by atoms with E-state index in [-0.39, 0.29) is 42.5 Å². The summed E-state index contributed by atoms with van der Waals surface area (Å²) in [6.07, 6.45) is 0.765. The fourth-order valence-corrected chi connectivity index (χ4v) is 9.42. The predicted molar refractivity (Wildman–Crippen MR) is 198 cm³/mol. The number of benzene rings is 2. The smallest absolute Gasteiger partial charge is 0.416 e. The fraction of sp³-hybridized carbons (Fsp3) is 0.659. The molecule has 54 heavy (non-hydrogen) atoms. The molecule has 0 radical (unpaired) electrons. The number of hydrogen-bond donors (Lipinski definition) is 1. The van der Waals surface area contributed by atoms with Crippen molar-refractivity contribution in [2.75, 3.05) is 71.7 Å². The number of aliphatic carboxylic acids is 1. The van der Waals surface area contributed by atoms with Crippen LogP contribution in [0, 0.1) is 5.92 Å². The minimum Gasteiger partial charge on any atom is -0.497 e. The van der Waals surface area contributed by atoms with Crippen molar-refractivity contribution in [2.45, 2.75) is 101 Å². The number of likely N-dealkylation sites (tertiary alicyclic amines) is 2. The summed E-state index contributed by atoms with van der Waals surface area (Å²) in [5.41, 5.74) is 0.192.